The molecule has 4 rings (SSSR count). The van der Waals surface area contributed by atoms with Crippen molar-refractivity contribution < 1.29 is 0 Å². The zero-order valence-corrected chi connectivity index (χ0v) is 16.7. The Bertz CT molecular complexity index is 814. The quantitative estimate of drug-likeness (QED) is 0.390. The molecule has 0 radical (unpaired) electrons. The molecule has 3 aromatic rings. The zero-order chi connectivity index (χ0) is 17.1. The van der Waals surface area contributed by atoms with Gasteiger partial charge in [0.1, 0.15) is 0 Å². The smallest absolute Gasteiger partial charge is 0.0621 e. The predicted octanol–water partition coefficient (Wildman–Crippen LogP) is 6.86. The minimum absolute atomic E-state index is 0.712. The van der Waals surface area contributed by atoms with Crippen molar-refractivity contribution in [1.82, 2.24) is 4.57 Å². The fourth-order valence-electron chi connectivity index (χ4n) is 4.10. The van der Waals surface area contributed by atoms with Crippen molar-refractivity contribution in [3.63, 3.8) is 0 Å². The van der Waals surface area contributed by atoms with Gasteiger partial charge in [0.2, 0.25) is 0 Å². The second-order valence-electron chi connectivity index (χ2n) is 7.04. The molecule has 0 bridgehead atoms. The van der Waals surface area contributed by atoms with Crippen LogP contribution in [0, 0.1) is 3.57 Å². The third-order valence-corrected chi connectivity index (χ3v) is 6.16. The summed E-state index contributed by atoms with van der Waals surface area (Å²) in [7, 11) is 0. The molecule has 0 atom stereocenters. The number of halogens is 1. The molecule has 1 aromatic heterocycles. The van der Waals surface area contributed by atoms with E-state index in [2.05, 4.69) is 93.9 Å². The van der Waals surface area contributed by atoms with Gasteiger partial charge in [0.05, 0.1) is 5.69 Å². The maximum atomic E-state index is 2.59. The first-order chi connectivity index (χ1) is 12.3. The highest BCUT2D eigenvalue weighted by Crippen LogP contribution is 2.38. The molecule has 0 amide bonds. The van der Waals surface area contributed by atoms with Gasteiger partial charge in [-0.1, -0.05) is 79.9 Å². The van der Waals surface area contributed by atoms with Gasteiger partial charge in [-0.25, -0.2) is 0 Å². The Morgan fingerprint density at radius 2 is 1.48 bits per heavy atom. The third-order valence-electron chi connectivity index (χ3n) is 5.34. The van der Waals surface area contributed by atoms with E-state index in [1.807, 2.05) is 0 Å². The summed E-state index contributed by atoms with van der Waals surface area (Å²) in [6.07, 6.45) is 6.82. The van der Waals surface area contributed by atoms with E-state index in [9.17, 15) is 0 Å². The Balaban J connectivity index is 1.81. The fourth-order valence-corrected chi connectivity index (χ4v) is 5.02. The second kappa shape index (κ2) is 7.77. The Hall–Kier alpha value is -1.55. The van der Waals surface area contributed by atoms with Crippen molar-refractivity contribution in [3.05, 3.63) is 81.6 Å². The summed E-state index contributed by atoms with van der Waals surface area (Å²) >= 11 is 2.53. The minimum atomic E-state index is 0.712. The SMILES string of the molecule is Ic1cc(C2CCCCC2)n(Cc2ccccc2)c1-c1ccccc1. The highest BCUT2D eigenvalue weighted by atomic mass is 127. The van der Waals surface area contributed by atoms with Crippen molar-refractivity contribution in [2.75, 3.05) is 0 Å². The van der Waals surface area contributed by atoms with Crippen LogP contribution in [0.3, 0.4) is 0 Å². The van der Waals surface area contributed by atoms with Crippen molar-refractivity contribution >= 4 is 22.6 Å². The van der Waals surface area contributed by atoms with Gasteiger partial charge in [0.25, 0.3) is 0 Å². The molecule has 0 unspecified atom stereocenters. The van der Waals surface area contributed by atoms with Gasteiger partial charge < -0.3 is 4.57 Å². The molecule has 25 heavy (non-hydrogen) atoms. The molecule has 2 aromatic carbocycles. The van der Waals surface area contributed by atoms with Crippen molar-refractivity contribution in [2.24, 2.45) is 0 Å². The summed E-state index contributed by atoms with van der Waals surface area (Å²) in [5.74, 6) is 0.712. The molecule has 0 N–H and O–H groups in total. The largest absolute Gasteiger partial charge is 0.339 e. The van der Waals surface area contributed by atoms with Crippen LogP contribution < -0.4 is 0 Å². The van der Waals surface area contributed by atoms with Crippen LogP contribution in [-0.2, 0) is 6.54 Å². The molecule has 1 aliphatic rings. The maximum absolute atomic E-state index is 2.59. The average molecular weight is 441 g/mol. The lowest BCUT2D eigenvalue weighted by Crippen LogP contribution is -2.12. The van der Waals surface area contributed by atoms with Gasteiger partial charge >= 0.3 is 0 Å². The van der Waals surface area contributed by atoms with Crippen LogP contribution in [0.1, 0.15) is 49.3 Å². The molecule has 128 valence electrons. The van der Waals surface area contributed by atoms with Crippen LogP contribution in [0.2, 0.25) is 0 Å². The summed E-state index contributed by atoms with van der Waals surface area (Å²) in [5.41, 5.74) is 5.62. The summed E-state index contributed by atoms with van der Waals surface area (Å²) in [6.45, 7) is 0.958. The van der Waals surface area contributed by atoms with Crippen LogP contribution in [-0.4, -0.2) is 4.57 Å². The number of benzene rings is 2. The van der Waals surface area contributed by atoms with Gasteiger partial charge in [0.15, 0.2) is 0 Å². The van der Waals surface area contributed by atoms with E-state index in [4.69, 9.17) is 0 Å². The van der Waals surface area contributed by atoms with Crippen molar-refractivity contribution in [1.29, 1.82) is 0 Å². The van der Waals surface area contributed by atoms with E-state index in [1.54, 1.807) is 0 Å². The molecule has 0 aliphatic heterocycles. The third kappa shape index (κ3) is 3.69. The molecule has 2 heteroatoms. The van der Waals surface area contributed by atoms with Crippen molar-refractivity contribution in [3.8, 4) is 11.3 Å². The van der Waals surface area contributed by atoms with E-state index in [1.165, 1.54) is 58.2 Å². The normalized spacial score (nSPS) is 15.4. The van der Waals surface area contributed by atoms with Crippen molar-refractivity contribution in [2.45, 2.75) is 44.6 Å². The highest BCUT2D eigenvalue weighted by Gasteiger charge is 2.23. The first-order valence-electron chi connectivity index (χ1n) is 9.31. The lowest BCUT2D eigenvalue weighted by molar-refractivity contribution is 0.427. The van der Waals surface area contributed by atoms with E-state index >= 15 is 0 Å². The fraction of sp³-hybridized carbons (Fsp3) is 0.304. The lowest BCUT2D eigenvalue weighted by Gasteiger charge is -2.24. The maximum Gasteiger partial charge on any atom is 0.0621 e. The number of aromatic nitrogens is 1. The number of nitrogens with zero attached hydrogens (tertiary/aromatic N) is 1. The average Bonchev–Trinajstić information content (AvgIpc) is 3.00. The molecule has 1 fully saturated rings. The van der Waals surface area contributed by atoms with E-state index in [0.717, 1.165) is 6.54 Å². The summed E-state index contributed by atoms with van der Waals surface area (Å²) < 4.78 is 3.96. The second-order valence-corrected chi connectivity index (χ2v) is 8.20. The molecule has 1 nitrogen and oxygen atoms in total. The topological polar surface area (TPSA) is 4.93 Å². The van der Waals surface area contributed by atoms with Gasteiger partial charge in [0, 0.05) is 15.8 Å². The Kier molecular flexibility index (Phi) is 5.25. The monoisotopic (exact) mass is 441 g/mol. The van der Waals surface area contributed by atoms with Gasteiger partial charge in [-0.15, -0.1) is 0 Å². The van der Waals surface area contributed by atoms with E-state index in [0.29, 0.717) is 5.92 Å². The lowest BCUT2D eigenvalue weighted by atomic mass is 9.87. The summed E-state index contributed by atoms with van der Waals surface area (Å²) in [5, 5.41) is 0. The van der Waals surface area contributed by atoms with E-state index in [-0.39, 0.29) is 0 Å². The Labute approximate surface area is 164 Å². The molecule has 0 saturated heterocycles. The first kappa shape index (κ1) is 16.9. The predicted molar refractivity (Wildman–Crippen MR) is 114 cm³/mol. The minimum Gasteiger partial charge on any atom is -0.339 e. The number of hydrogen-bond acceptors (Lipinski definition) is 0. The summed E-state index contributed by atoms with van der Waals surface area (Å²) in [6, 6.07) is 24.2. The molecule has 1 saturated carbocycles. The van der Waals surface area contributed by atoms with Crippen LogP contribution in [0.4, 0.5) is 0 Å². The number of rotatable bonds is 4. The summed E-state index contributed by atoms with van der Waals surface area (Å²) in [4.78, 5) is 0. The van der Waals surface area contributed by atoms with Gasteiger partial charge in [-0.2, -0.15) is 0 Å². The number of hydrogen-bond donors (Lipinski definition) is 0. The zero-order valence-electron chi connectivity index (χ0n) is 14.5. The van der Waals surface area contributed by atoms with Gasteiger partial charge in [-0.05, 0) is 58.5 Å². The van der Waals surface area contributed by atoms with Crippen LogP contribution in [0.15, 0.2) is 66.7 Å². The van der Waals surface area contributed by atoms with Crippen LogP contribution in [0.5, 0.6) is 0 Å². The van der Waals surface area contributed by atoms with E-state index < -0.39 is 0 Å². The highest BCUT2D eigenvalue weighted by molar-refractivity contribution is 14.1. The standard InChI is InChI=1S/C23H24IN/c24-21-16-22(19-12-6-2-7-13-19)25(17-18-10-4-1-5-11-18)23(21)20-14-8-3-9-15-20/h1,3-5,8-11,14-16,19H,2,6-7,12-13,17H2. The van der Waals surface area contributed by atoms with Crippen LogP contribution in [0.25, 0.3) is 11.3 Å². The molecular weight excluding hydrogens is 417 g/mol. The Morgan fingerprint density at radius 1 is 0.840 bits per heavy atom. The molecule has 0 spiro atoms. The molecular formula is C23H24IN. The molecule has 1 heterocycles. The first-order valence-corrected chi connectivity index (χ1v) is 10.4. The molecule has 1 aliphatic carbocycles. The van der Waals surface area contributed by atoms with Gasteiger partial charge in [-0.3, -0.25) is 0 Å². The Morgan fingerprint density at radius 3 is 2.16 bits per heavy atom. The van der Waals surface area contributed by atoms with Crippen LogP contribution >= 0.6 is 22.6 Å².